The fourth-order valence-electron chi connectivity index (χ4n) is 3.44. The van der Waals surface area contributed by atoms with Gasteiger partial charge in [0.2, 0.25) is 0 Å². The zero-order valence-electron chi connectivity index (χ0n) is 17.6. The smallest absolute Gasteiger partial charge is 0.260 e. The number of hydrogen-bond donors (Lipinski definition) is 1. The van der Waals surface area contributed by atoms with E-state index in [0.717, 1.165) is 17.4 Å². The Balaban J connectivity index is 1.84. The molecule has 2 aromatic heterocycles. The summed E-state index contributed by atoms with van der Waals surface area (Å²) in [5.74, 6) is -0.0769. The number of carbonyl (C=O) groups is 1. The van der Waals surface area contributed by atoms with E-state index in [1.54, 1.807) is 42.6 Å². The van der Waals surface area contributed by atoms with Gasteiger partial charge >= 0.3 is 0 Å². The minimum atomic E-state index is -3.58. The molecule has 0 fully saturated rings. The Labute approximate surface area is 185 Å². The third kappa shape index (κ3) is 4.42. The van der Waals surface area contributed by atoms with Crippen molar-refractivity contribution < 1.29 is 13.2 Å². The highest BCUT2D eigenvalue weighted by Crippen LogP contribution is 2.28. The zero-order chi connectivity index (χ0) is 22.9. The number of fused-ring (bicyclic) bond motifs is 1. The molecular weight excluding hydrogens is 426 g/mol. The molecule has 162 valence electrons. The Kier molecular flexibility index (Phi) is 5.58. The predicted octanol–water partition coefficient (Wildman–Crippen LogP) is 3.17. The van der Waals surface area contributed by atoms with Gasteiger partial charge in [0.15, 0.2) is 9.84 Å². The van der Waals surface area contributed by atoms with Crippen molar-refractivity contribution in [2.45, 2.75) is 18.4 Å². The SMILES string of the molecule is Cc1cncc(C(=O)N(Cc2ccc3ncc(N)nc3c2)c2ccccc2S(C)(=O)=O)c1. The van der Waals surface area contributed by atoms with Gasteiger partial charge in [-0.2, -0.15) is 0 Å². The van der Waals surface area contributed by atoms with Crippen molar-refractivity contribution in [2.24, 2.45) is 0 Å². The molecule has 2 aromatic carbocycles. The van der Waals surface area contributed by atoms with Crippen molar-refractivity contribution in [3.8, 4) is 0 Å². The van der Waals surface area contributed by atoms with E-state index in [1.807, 2.05) is 13.0 Å². The van der Waals surface area contributed by atoms with Gasteiger partial charge in [-0.25, -0.2) is 13.4 Å². The molecule has 0 aliphatic rings. The lowest BCUT2D eigenvalue weighted by Crippen LogP contribution is -2.31. The number of anilines is 2. The number of aromatic nitrogens is 3. The molecule has 0 unspecified atom stereocenters. The lowest BCUT2D eigenvalue weighted by molar-refractivity contribution is 0.0984. The van der Waals surface area contributed by atoms with Gasteiger partial charge in [0.25, 0.3) is 5.91 Å². The summed E-state index contributed by atoms with van der Waals surface area (Å²) in [5, 5.41) is 0. The molecule has 1 amide bonds. The first-order chi connectivity index (χ1) is 15.2. The number of nitrogens with zero attached hydrogens (tertiary/aromatic N) is 4. The van der Waals surface area contributed by atoms with Crippen LogP contribution in [0.3, 0.4) is 0 Å². The number of benzene rings is 2. The summed E-state index contributed by atoms with van der Waals surface area (Å²) in [4.78, 5) is 27.7. The average molecular weight is 448 g/mol. The standard InChI is InChI=1S/C23H21N5O3S/c1-15-9-17(12-25-11-15)23(29)28(20-5-3-4-6-21(20)32(2,30)31)14-16-7-8-18-19(10-16)27-22(24)13-26-18/h3-13H,14H2,1-2H3,(H2,24,27). The number of para-hydroxylation sites is 1. The van der Waals surface area contributed by atoms with E-state index >= 15 is 0 Å². The van der Waals surface area contributed by atoms with Crippen molar-refractivity contribution in [3.05, 3.63) is 83.8 Å². The van der Waals surface area contributed by atoms with Crippen LogP contribution in [-0.2, 0) is 16.4 Å². The van der Waals surface area contributed by atoms with E-state index < -0.39 is 9.84 Å². The molecule has 0 saturated heterocycles. The Morgan fingerprint density at radius 2 is 1.81 bits per heavy atom. The van der Waals surface area contributed by atoms with Crippen LogP contribution in [0.15, 0.2) is 72.0 Å². The van der Waals surface area contributed by atoms with Crippen LogP contribution in [0, 0.1) is 6.92 Å². The number of hydrogen-bond acceptors (Lipinski definition) is 7. The number of nitrogens with two attached hydrogens (primary N) is 1. The summed E-state index contributed by atoms with van der Waals surface area (Å²) in [6.45, 7) is 1.96. The maximum atomic E-state index is 13.5. The van der Waals surface area contributed by atoms with Gasteiger partial charge in [0.1, 0.15) is 5.82 Å². The van der Waals surface area contributed by atoms with Crippen molar-refractivity contribution in [1.82, 2.24) is 15.0 Å². The number of amides is 1. The molecule has 0 aliphatic carbocycles. The van der Waals surface area contributed by atoms with Gasteiger partial charge in [-0.3, -0.25) is 14.8 Å². The van der Waals surface area contributed by atoms with Crippen LogP contribution in [0.25, 0.3) is 11.0 Å². The van der Waals surface area contributed by atoms with Gasteiger partial charge in [0.05, 0.1) is 39.9 Å². The van der Waals surface area contributed by atoms with Crippen molar-refractivity contribution in [2.75, 3.05) is 16.9 Å². The van der Waals surface area contributed by atoms with Gasteiger partial charge in [-0.05, 0) is 48.4 Å². The summed E-state index contributed by atoms with van der Waals surface area (Å²) in [6.07, 6.45) is 5.72. The minimum Gasteiger partial charge on any atom is -0.382 e. The molecule has 0 atom stereocenters. The predicted molar refractivity (Wildman–Crippen MR) is 123 cm³/mol. The summed E-state index contributed by atoms with van der Waals surface area (Å²) in [5.41, 5.74) is 9.23. The van der Waals surface area contributed by atoms with E-state index in [1.165, 1.54) is 23.4 Å². The molecule has 0 radical (unpaired) electrons. The summed E-state index contributed by atoms with van der Waals surface area (Å²) in [6, 6.07) is 13.6. The molecule has 0 bridgehead atoms. The first kappa shape index (κ1) is 21.4. The van der Waals surface area contributed by atoms with Crippen LogP contribution >= 0.6 is 0 Å². The van der Waals surface area contributed by atoms with Gasteiger partial charge in [-0.1, -0.05) is 18.2 Å². The normalized spacial score (nSPS) is 11.4. The third-order valence-electron chi connectivity index (χ3n) is 4.89. The average Bonchev–Trinajstić information content (AvgIpc) is 2.76. The molecule has 0 spiro atoms. The quantitative estimate of drug-likeness (QED) is 0.499. The van der Waals surface area contributed by atoms with Crippen LogP contribution in [-0.4, -0.2) is 35.5 Å². The zero-order valence-corrected chi connectivity index (χ0v) is 18.4. The summed E-state index contributed by atoms with van der Waals surface area (Å²) in [7, 11) is -3.58. The van der Waals surface area contributed by atoms with Crippen LogP contribution in [0.2, 0.25) is 0 Å². The van der Waals surface area contributed by atoms with Crippen LogP contribution in [0.1, 0.15) is 21.5 Å². The second-order valence-corrected chi connectivity index (χ2v) is 9.48. The topological polar surface area (TPSA) is 119 Å². The molecule has 4 aromatic rings. The Morgan fingerprint density at radius 3 is 2.56 bits per heavy atom. The summed E-state index contributed by atoms with van der Waals surface area (Å²) < 4.78 is 24.9. The number of pyridine rings is 1. The maximum absolute atomic E-state index is 13.5. The largest absolute Gasteiger partial charge is 0.382 e. The molecule has 32 heavy (non-hydrogen) atoms. The second-order valence-electron chi connectivity index (χ2n) is 7.50. The van der Waals surface area contributed by atoms with Crippen molar-refractivity contribution >= 4 is 38.3 Å². The molecule has 9 heteroatoms. The third-order valence-corrected chi connectivity index (χ3v) is 6.03. The van der Waals surface area contributed by atoms with Crippen molar-refractivity contribution in [3.63, 3.8) is 0 Å². The molecule has 2 heterocycles. The van der Waals surface area contributed by atoms with Crippen LogP contribution < -0.4 is 10.6 Å². The van der Waals surface area contributed by atoms with Crippen LogP contribution in [0.4, 0.5) is 11.5 Å². The van der Waals surface area contributed by atoms with Gasteiger partial charge in [0, 0.05) is 18.6 Å². The molecule has 0 saturated carbocycles. The highest BCUT2D eigenvalue weighted by molar-refractivity contribution is 7.90. The van der Waals surface area contributed by atoms with E-state index in [4.69, 9.17) is 5.73 Å². The second kappa shape index (κ2) is 8.35. The van der Waals surface area contributed by atoms with E-state index in [2.05, 4.69) is 15.0 Å². The Morgan fingerprint density at radius 1 is 1.03 bits per heavy atom. The molecule has 2 N–H and O–H groups in total. The van der Waals surface area contributed by atoms with Crippen molar-refractivity contribution in [1.29, 1.82) is 0 Å². The molecule has 8 nitrogen and oxygen atoms in total. The number of nitrogen functional groups attached to an aromatic ring is 1. The first-order valence-electron chi connectivity index (χ1n) is 9.76. The highest BCUT2D eigenvalue weighted by Gasteiger charge is 2.24. The fraction of sp³-hybridized carbons (Fsp3) is 0.130. The van der Waals surface area contributed by atoms with Gasteiger partial charge < -0.3 is 10.6 Å². The lowest BCUT2D eigenvalue weighted by Gasteiger charge is -2.25. The maximum Gasteiger partial charge on any atom is 0.260 e. The van der Waals surface area contributed by atoms with E-state index in [0.29, 0.717) is 22.3 Å². The van der Waals surface area contributed by atoms with Gasteiger partial charge in [-0.15, -0.1) is 0 Å². The lowest BCUT2D eigenvalue weighted by atomic mass is 10.1. The fourth-order valence-corrected chi connectivity index (χ4v) is 4.32. The molecular formula is C23H21N5O3S. The number of rotatable bonds is 5. The monoisotopic (exact) mass is 447 g/mol. The van der Waals surface area contributed by atoms with Crippen LogP contribution in [0.5, 0.6) is 0 Å². The Hall–Kier alpha value is -3.85. The van der Waals surface area contributed by atoms with E-state index in [-0.39, 0.29) is 23.2 Å². The Bertz CT molecular complexity index is 1440. The summed E-state index contributed by atoms with van der Waals surface area (Å²) >= 11 is 0. The van der Waals surface area contributed by atoms with E-state index in [9.17, 15) is 13.2 Å². The first-order valence-corrected chi connectivity index (χ1v) is 11.7. The molecule has 0 aliphatic heterocycles. The molecule has 4 rings (SSSR count). The number of sulfone groups is 1. The number of carbonyl (C=O) groups excluding carboxylic acids is 1. The number of aryl methyl sites for hydroxylation is 1. The highest BCUT2D eigenvalue weighted by atomic mass is 32.2. The minimum absolute atomic E-state index is 0.0683.